The molecule has 1 aromatic carbocycles. The van der Waals surface area contributed by atoms with Gasteiger partial charge in [0.1, 0.15) is 5.60 Å². The van der Waals surface area contributed by atoms with Gasteiger partial charge in [0.25, 0.3) is 0 Å². The normalized spacial score (nSPS) is 17.5. The van der Waals surface area contributed by atoms with Crippen LogP contribution in [0, 0.1) is 0 Å². The summed E-state index contributed by atoms with van der Waals surface area (Å²) in [7, 11) is 0. The number of ether oxygens (including phenoxy) is 1. The van der Waals surface area contributed by atoms with E-state index in [9.17, 15) is 4.79 Å². The van der Waals surface area contributed by atoms with Crippen LogP contribution in [0.3, 0.4) is 0 Å². The van der Waals surface area contributed by atoms with Crippen molar-refractivity contribution in [2.45, 2.75) is 51.6 Å². The molecule has 1 aliphatic rings. The van der Waals surface area contributed by atoms with Crippen LogP contribution in [-0.4, -0.2) is 11.6 Å². The Hall–Kier alpha value is -1.31. The molecule has 1 fully saturated rings. The highest BCUT2D eigenvalue weighted by Gasteiger charge is 2.29. The first-order chi connectivity index (χ1) is 8.12. The molecule has 0 aromatic heterocycles. The van der Waals surface area contributed by atoms with E-state index in [1.165, 1.54) is 26.2 Å². The largest absolute Gasteiger partial charge is 0.460 e. The molecule has 2 heteroatoms. The summed E-state index contributed by atoms with van der Waals surface area (Å²) in [6.45, 7) is 3.52. The van der Waals surface area contributed by atoms with Crippen molar-refractivity contribution in [2.75, 3.05) is 0 Å². The van der Waals surface area contributed by atoms with E-state index in [0.717, 1.165) is 12.8 Å². The molecular weight excluding hydrogens is 212 g/mol. The van der Waals surface area contributed by atoms with Crippen molar-refractivity contribution >= 4 is 5.97 Å². The second kappa shape index (κ2) is 7.10. The minimum Gasteiger partial charge on any atom is -0.460 e. The molecule has 2 rings (SSSR count). The molecule has 94 valence electrons. The molecule has 0 aliphatic heterocycles. The lowest BCUT2D eigenvalue weighted by molar-refractivity contribution is -0.158. The van der Waals surface area contributed by atoms with Crippen molar-refractivity contribution in [3.8, 4) is 0 Å². The molecule has 0 N–H and O–H groups in total. The highest BCUT2D eigenvalue weighted by Crippen LogP contribution is 2.30. The second-order valence-electron chi connectivity index (χ2n) is 4.76. The number of rotatable bonds is 1. The summed E-state index contributed by atoms with van der Waals surface area (Å²) in [5.74, 6) is -0.144. The maximum atomic E-state index is 10.7. The van der Waals surface area contributed by atoms with Gasteiger partial charge in [-0.1, -0.05) is 42.8 Å². The average Bonchev–Trinajstić information content (AvgIpc) is 2.31. The van der Waals surface area contributed by atoms with Crippen LogP contribution in [0.5, 0.6) is 0 Å². The lowest BCUT2D eigenvalue weighted by atomic mass is 9.86. The Morgan fingerprint density at radius 3 is 1.71 bits per heavy atom. The minimum absolute atomic E-state index is 0.144. The third kappa shape index (κ3) is 6.10. The first kappa shape index (κ1) is 13.8. The summed E-state index contributed by atoms with van der Waals surface area (Å²) in [5.41, 5.74) is -0.149. The molecular formula is C15H22O2. The van der Waals surface area contributed by atoms with Crippen molar-refractivity contribution in [1.82, 2.24) is 0 Å². The summed E-state index contributed by atoms with van der Waals surface area (Å²) in [5, 5.41) is 0. The van der Waals surface area contributed by atoms with Gasteiger partial charge in [-0.25, -0.2) is 0 Å². The van der Waals surface area contributed by atoms with Gasteiger partial charge >= 0.3 is 5.97 Å². The van der Waals surface area contributed by atoms with Crippen LogP contribution in [0.2, 0.25) is 0 Å². The van der Waals surface area contributed by atoms with Gasteiger partial charge in [-0.15, -0.1) is 0 Å². The van der Waals surface area contributed by atoms with E-state index in [0.29, 0.717) is 0 Å². The Balaban J connectivity index is 0.000000202. The van der Waals surface area contributed by atoms with Gasteiger partial charge < -0.3 is 4.74 Å². The quantitative estimate of drug-likeness (QED) is 0.687. The lowest BCUT2D eigenvalue weighted by Crippen LogP contribution is -2.32. The molecule has 0 unspecified atom stereocenters. The van der Waals surface area contributed by atoms with E-state index in [1.54, 1.807) is 0 Å². The zero-order valence-electron chi connectivity index (χ0n) is 10.8. The average molecular weight is 234 g/mol. The van der Waals surface area contributed by atoms with Crippen LogP contribution in [0.15, 0.2) is 36.4 Å². The fourth-order valence-corrected chi connectivity index (χ4v) is 2.13. The highest BCUT2D eigenvalue weighted by molar-refractivity contribution is 5.66. The molecule has 0 spiro atoms. The maximum absolute atomic E-state index is 10.7. The molecule has 17 heavy (non-hydrogen) atoms. The minimum atomic E-state index is -0.149. The van der Waals surface area contributed by atoms with Crippen molar-refractivity contribution in [3.63, 3.8) is 0 Å². The number of hydrogen-bond acceptors (Lipinski definition) is 2. The van der Waals surface area contributed by atoms with Gasteiger partial charge in [-0.3, -0.25) is 4.79 Å². The summed E-state index contributed by atoms with van der Waals surface area (Å²) in [4.78, 5) is 10.7. The number of carbonyl (C=O) groups is 1. The first-order valence-corrected chi connectivity index (χ1v) is 6.32. The summed E-state index contributed by atoms with van der Waals surface area (Å²) in [6.07, 6.45) is 5.75. The zero-order valence-corrected chi connectivity index (χ0v) is 10.8. The zero-order chi connectivity index (χ0) is 12.6. The molecule has 0 atom stereocenters. The van der Waals surface area contributed by atoms with E-state index >= 15 is 0 Å². The van der Waals surface area contributed by atoms with Crippen molar-refractivity contribution < 1.29 is 9.53 Å². The predicted molar refractivity (Wildman–Crippen MR) is 69.7 cm³/mol. The van der Waals surface area contributed by atoms with Crippen LogP contribution >= 0.6 is 0 Å². The van der Waals surface area contributed by atoms with Crippen LogP contribution in [0.4, 0.5) is 0 Å². The van der Waals surface area contributed by atoms with Gasteiger partial charge in [0.2, 0.25) is 0 Å². The Morgan fingerprint density at radius 2 is 1.35 bits per heavy atom. The Kier molecular flexibility index (Phi) is 5.75. The number of esters is 1. The van der Waals surface area contributed by atoms with E-state index in [2.05, 4.69) is 0 Å². The van der Waals surface area contributed by atoms with Gasteiger partial charge in [0.15, 0.2) is 0 Å². The fourth-order valence-electron chi connectivity index (χ4n) is 2.13. The molecule has 2 nitrogen and oxygen atoms in total. The van der Waals surface area contributed by atoms with E-state index in [4.69, 9.17) is 4.74 Å². The third-order valence-electron chi connectivity index (χ3n) is 2.97. The monoisotopic (exact) mass is 234 g/mol. The molecule has 0 saturated heterocycles. The summed E-state index contributed by atoms with van der Waals surface area (Å²) < 4.78 is 5.24. The van der Waals surface area contributed by atoms with Crippen molar-refractivity contribution in [3.05, 3.63) is 36.4 Å². The van der Waals surface area contributed by atoms with Crippen LogP contribution in [0.1, 0.15) is 46.0 Å². The number of hydrogen-bond donors (Lipinski definition) is 0. The molecule has 1 aliphatic carbocycles. The van der Waals surface area contributed by atoms with Crippen molar-refractivity contribution in [1.29, 1.82) is 0 Å². The molecule has 1 saturated carbocycles. The lowest BCUT2D eigenvalue weighted by Gasteiger charge is -2.32. The van der Waals surface area contributed by atoms with Gasteiger partial charge in [0, 0.05) is 6.92 Å². The van der Waals surface area contributed by atoms with E-state index in [-0.39, 0.29) is 11.6 Å². The van der Waals surface area contributed by atoms with E-state index in [1.807, 2.05) is 43.3 Å². The van der Waals surface area contributed by atoms with Gasteiger partial charge in [-0.2, -0.15) is 0 Å². The summed E-state index contributed by atoms with van der Waals surface area (Å²) in [6, 6.07) is 12.0. The SMILES string of the molecule is CC(=O)OC1(C)CCCCC1.c1ccccc1. The Labute approximate surface area is 104 Å². The van der Waals surface area contributed by atoms with Crippen LogP contribution in [0.25, 0.3) is 0 Å². The van der Waals surface area contributed by atoms with Crippen molar-refractivity contribution in [2.24, 2.45) is 0 Å². The first-order valence-electron chi connectivity index (χ1n) is 6.32. The second-order valence-corrected chi connectivity index (χ2v) is 4.76. The Bertz CT molecular complexity index is 286. The number of carbonyl (C=O) groups excluding carboxylic acids is 1. The van der Waals surface area contributed by atoms with Gasteiger partial charge in [-0.05, 0) is 32.6 Å². The number of benzene rings is 1. The molecule has 0 amide bonds. The molecule has 0 bridgehead atoms. The smallest absolute Gasteiger partial charge is 0.303 e. The standard InChI is InChI=1S/C9H16O2.C6H6/c1-8(10)11-9(2)6-4-3-5-7-9;1-2-4-6-5-3-1/h3-7H2,1-2H3;1-6H. The Morgan fingerprint density at radius 1 is 0.941 bits per heavy atom. The topological polar surface area (TPSA) is 26.3 Å². The molecule has 0 radical (unpaired) electrons. The van der Waals surface area contributed by atoms with Crippen LogP contribution < -0.4 is 0 Å². The molecule has 1 aromatic rings. The third-order valence-corrected chi connectivity index (χ3v) is 2.97. The van der Waals surface area contributed by atoms with Gasteiger partial charge in [0.05, 0.1) is 0 Å². The highest BCUT2D eigenvalue weighted by atomic mass is 16.6. The van der Waals surface area contributed by atoms with E-state index < -0.39 is 0 Å². The molecule has 0 heterocycles. The summed E-state index contributed by atoms with van der Waals surface area (Å²) >= 11 is 0. The fraction of sp³-hybridized carbons (Fsp3) is 0.533. The predicted octanol–water partition coefficient (Wildman–Crippen LogP) is 3.96. The maximum Gasteiger partial charge on any atom is 0.303 e. The van der Waals surface area contributed by atoms with Crippen LogP contribution in [-0.2, 0) is 9.53 Å².